The van der Waals surface area contributed by atoms with Crippen molar-refractivity contribution in [3.63, 3.8) is 0 Å². The van der Waals surface area contributed by atoms with Gasteiger partial charge in [-0.25, -0.2) is 18.1 Å². The molecule has 6 nitrogen and oxygen atoms in total. The SMILES string of the molecule is Cc1nc(-c2ccc(S(=O)(=O)NC3CCC(N)CC3)cc2)co1.Cl. The number of sulfonamides is 1. The lowest BCUT2D eigenvalue weighted by atomic mass is 9.93. The Morgan fingerprint density at radius 3 is 2.33 bits per heavy atom. The van der Waals surface area contributed by atoms with E-state index < -0.39 is 10.0 Å². The van der Waals surface area contributed by atoms with Crippen molar-refractivity contribution in [1.29, 1.82) is 0 Å². The molecule has 2 aromatic rings. The molecule has 1 aromatic carbocycles. The maximum absolute atomic E-state index is 12.5. The molecule has 8 heteroatoms. The second-order valence-electron chi connectivity index (χ2n) is 6.01. The van der Waals surface area contributed by atoms with Crippen molar-refractivity contribution in [3.8, 4) is 11.3 Å². The molecule has 1 aromatic heterocycles. The molecule has 3 rings (SSSR count). The van der Waals surface area contributed by atoms with Crippen LogP contribution in [0.15, 0.2) is 39.8 Å². The minimum Gasteiger partial charge on any atom is -0.449 e. The van der Waals surface area contributed by atoms with Gasteiger partial charge in [-0.05, 0) is 37.8 Å². The molecule has 1 fully saturated rings. The Labute approximate surface area is 148 Å². The number of oxazole rings is 1. The van der Waals surface area contributed by atoms with Gasteiger partial charge in [-0.3, -0.25) is 0 Å². The molecule has 0 bridgehead atoms. The van der Waals surface area contributed by atoms with E-state index in [1.807, 2.05) is 0 Å². The van der Waals surface area contributed by atoms with Crippen molar-refractivity contribution in [1.82, 2.24) is 9.71 Å². The number of benzene rings is 1. The normalized spacial score (nSPS) is 21.2. The van der Waals surface area contributed by atoms with Crippen LogP contribution in [-0.2, 0) is 10.0 Å². The second-order valence-corrected chi connectivity index (χ2v) is 7.72. The van der Waals surface area contributed by atoms with Gasteiger partial charge in [-0.2, -0.15) is 0 Å². The fourth-order valence-corrected chi connectivity index (χ4v) is 4.13. The summed E-state index contributed by atoms with van der Waals surface area (Å²) < 4.78 is 32.9. The topological polar surface area (TPSA) is 98.2 Å². The summed E-state index contributed by atoms with van der Waals surface area (Å²) in [5.41, 5.74) is 7.37. The zero-order valence-corrected chi connectivity index (χ0v) is 15.1. The maximum atomic E-state index is 12.5. The van der Waals surface area contributed by atoms with Crippen LogP contribution in [0.1, 0.15) is 31.6 Å². The molecule has 1 heterocycles. The maximum Gasteiger partial charge on any atom is 0.240 e. The van der Waals surface area contributed by atoms with Gasteiger partial charge in [0.2, 0.25) is 10.0 Å². The van der Waals surface area contributed by atoms with Crippen molar-refractivity contribution < 1.29 is 12.8 Å². The highest BCUT2D eigenvalue weighted by molar-refractivity contribution is 7.89. The summed E-state index contributed by atoms with van der Waals surface area (Å²) in [6, 6.07) is 6.83. The number of rotatable bonds is 4. The van der Waals surface area contributed by atoms with Crippen LogP contribution in [0.2, 0.25) is 0 Å². The van der Waals surface area contributed by atoms with Crippen LogP contribution in [-0.4, -0.2) is 25.5 Å². The first-order chi connectivity index (χ1) is 10.9. The van der Waals surface area contributed by atoms with E-state index in [0.717, 1.165) is 31.2 Å². The van der Waals surface area contributed by atoms with Crippen molar-refractivity contribution in [2.24, 2.45) is 5.73 Å². The molecule has 0 aliphatic heterocycles. The van der Waals surface area contributed by atoms with Crippen LogP contribution >= 0.6 is 12.4 Å². The number of hydrogen-bond donors (Lipinski definition) is 2. The van der Waals surface area contributed by atoms with Crippen LogP contribution in [0.3, 0.4) is 0 Å². The molecule has 1 aliphatic rings. The summed E-state index contributed by atoms with van der Waals surface area (Å²) in [5.74, 6) is 0.578. The second kappa shape index (κ2) is 7.65. The smallest absolute Gasteiger partial charge is 0.240 e. The average Bonchev–Trinajstić information content (AvgIpc) is 2.96. The van der Waals surface area contributed by atoms with Gasteiger partial charge >= 0.3 is 0 Å². The van der Waals surface area contributed by atoms with Crippen molar-refractivity contribution in [2.45, 2.75) is 49.6 Å². The predicted octanol–water partition coefficient (Wildman–Crippen LogP) is 2.62. The number of halogens is 1. The van der Waals surface area contributed by atoms with Gasteiger partial charge in [0.1, 0.15) is 12.0 Å². The highest BCUT2D eigenvalue weighted by Crippen LogP contribution is 2.22. The molecule has 0 spiro atoms. The van der Waals surface area contributed by atoms with Crippen molar-refractivity contribution >= 4 is 22.4 Å². The Balaban J connectivity index is 0.00000208. The van der Waals surface area contributed by atoms with Gasteiger partial charge in [-0.1, -0.05) is 12.1 Å². The van der Waals surface area contributed by atoms with Crippen LogP contribution in [0.5, 0.6) is 0 Å². The van der Waals surface area contributed by atoms with Crippen LogP contribution in [0.25, 0.3) is 11.3 Å². The molecular weight excluding hydrogens is 350 g/mol. The Kier molecular flexibility index (Phi) is 6.03. The lowest BCUT2D eigenvalue weighted by molar-refractivity contribution is 0.373. The van der Waals surface area contributed by atoms with Gasteiger partial charge in [0.15, 0.2) is 5.89 Å². The highest BCUT2D eigenvalue weighted by Gasteiger charge is 2.24. The highest BCUT2D eigenvalue weighted by atomic mass is 35.5. The molecule has 0 atom stereocenters. The largest absolute Gasteiger partial charge is 0.449 e. The zero-order chi connectivity index (χ0) is 16.4. The number of nitrogens with two attached hydrogens (primary N) is 1. The number of aromatic nitrogens is 1. The first-order valence-corrected chi connectivity index (χ1v) is 9.23. The Morgan fingerprint density at radius 1 is 1.17 bits per heavy atom. The van der Waals surface area contributed by atoms with Gasteiger partial charge in [0, 0.05) is 24.6 Å². The first kappa shape index (κ1) is 18.9. The zero-order valence-electron chi connectivity index (χ0n) is 13.4. The summed E-state index contributed by atoms with van der Waals surface area (Å²) in [6.45, 7) is 1.77. The van der Waals surface area contributed by atoms with Crippen molar-refractivity contribution in [2.75, 3.05) is 0 Å². The molecule has 0 unspecified atom stereocenters. The average molecular weight is 372 g/mol. The van der Waals surface area contributed by atoms with Gasteiger partial charge in [0.05, 0.1) is 4.90 Å². The third kappa shape index (κ3) is 4.36. The minimum atomic E-state index is -3.51. The predicted molar refractivity (Wildman–Crippen MR) is 94.5 cm³/mol. The summed E-state index contributed by atoms with van der Waals surface area (Å²) in [5, 5.41) is 0. The first-order valence-electron chi connectivity index (χ1n) is 7.74. The fourth-order valence-electron chi connectivity index (χ4n) is 2.83. The third-order valence-corrected chi connectivity index (χ3v) is 5.71. The minimum absolute atomic E-state index is 0. The number of nitrogens with one attached hydrogen (secondary N) is 1. The lowest BCUT2D eigenvalue weighted by Crippen LogP contribution is -2.40. The molecule has 132 valence electrons. The van der Waals surface area contributed by atoms with Gasteiger partial charge in [-0.15, -0.1) is 12.4 Å². The lowest BCUT2D eigenvalue weighted by Gasteiger charge is -2.26. The van der Waals surface area contributed by atoms with Crippen molar-refractivity contribution in [3.05, 3.63) is 36.4 Å². The molecule has 24 heavy (non-hydrogen) atoms. The summed E-state index contributed by atoms with van der Waals surface area (Å²) >= 11 is 0. The van der Waals surface area contributed by atoms with Crippen LogP contribution in [0, 0.1) is 6.92 Å². The number of aryl methyl sites for hydroxylation is 1. The van der Waals surface area contributed by atoms with Gasteiger partial charge < -0.3 is 10.2 Å². The van der Waals surface area contributed by atoms with E-state index in [9.17, 15) is 8.42 Å². The summed E-state index contributed by atoms with van der Waals surface area (Å²) in [7, 11) is -3.51. The van der Waals surface area contributed by atoms with Crippen LogP contribution in [0.4, 0.5) is 0 Å². The van der Waals surface area contributed by atoms with Crippen LogP contribution < -0.4 is 10.5 Å². The third-order valence-electron chi connectivity index (χ3n) is 4.17. The molecule has 0 radical (unpaired) electrons. The van der Waals surface area contributed by atoms with E-state index in [-0.39, 0.29) is 29.4 Å². The van der Waals surface area contributed by atoms with E-state index in [1.165, 1.54) is 0 Å². The van der Waals surface area contributed by atoms with Gasteiger partial charge in [0.25, 0.3) is 0 Å². The van der Waals surface area contributed by atoms with E-state index in [0.29, 0.717) is 11.6 Å². The Hall–Kier alpha value is -1.41. The van der Waals surface area contributed by atoms with E-state index in [2.05, 4.69) is 9.71 Å². The standard InChI is InChI=1S/C16H21N3O3S.ClH/c1-11-18-16(10-22-11)12-2-8-15(9-3-12)23(20,21)19-14-6-4-13(17)5-7-14;/h2-3,8-10,13-14,19H,4-7,17H2,1H3;1H. The number of nitrogens with zero attached hydrogens (tertiary/aromatic N) is 1. The molecule has 3 N–H and O–H groups in total. The molecular formula is C16H22ClN3O3S. The molecule has 1 saturated carbocycles. The quantitative estimate of drug-likeness (QED) is 0.860. The van der Waals surface area contributed by atoms with E-state index >= 15 is 0 Å². The number of hydrogen-bond acceptors (Lipinski definition) is 5. The molecule has 0 amide bonds. The van der Waals surface area contributed by atoms with E-state index in [4.69, 9.17) is 10.2 Å². The molecule has 1 aliphatic carbocycles. The fraction of sp³-hybridized carbons (Fsp3) is 0.438. The molecule has 0 saturated heterocycles. The Bertz CT molecular complexity index is 766. The van der Waals surface area contributed by atoms with E-state index in [1.54, 1.807) is 37.5 Å². The Morgan fingerprint density at radius 2 is 1.79 bits per heavy atom. The summed E-state index contributed by atoms with van der Waals surface area (Å²) in [4.78, 5) is 4.49. The monoisotopic (exact) mass is 371 g/mol. The summed E-state index contributed by atoms with van der Waals surface area (Å²) in [6.07, 6.45) is 4.85.